The minimum Gasteiger partial charge on any atom is -0.371 e. The molecular weight excluding hydrogens is 365 g/mol. The molecule has 0 aromatic heterocycles. The van der Waals surface area contributed by atoms with Gasteiger partial charge in [0.15, 0.2) is 17.6 Å². The number of hydrogen-bond donors (Lipinski definition) is 2. The van der Waals surface area contributed by atoms with E-state index in [4.69, 9.17) is 0 Å². The van der Waals surface area contributed by atoms with Crippen molar-refractivity contribution in [2.45, 2.75) is 19.9 Å². The molecule has 1 fully saturated rings. The fourth-order valence-corrected chi connectivity index (χ4v) is 3.38. The van der Waals surface area contributed by atoms with E-state index in [0.717, 1.165) is 31.6 Å². The van der Waals surface area contributed by atoms with E-state index in [2.05, 4.69) is 20.5 Å². The van der Waals surface area contributed by atoms with Gasteiger partial charge in [0.25, 0.3) is 0 Å². The third-order valence-electron chi connectivity index (χ3n) is 5.02. The van der Waals surface area contributed by atoms with Crippen molar-refractivity contribution in [1.29, 1.82) is 0 Å². The third kappa shape index (κ3) is 4.97. The molecule has 7 heteroatoms. The number of nitrogens with zero attached hydrogens (tertiary/aromatic N) is 2. The normalized spacial score (nSPS) is 17.1. The van der Waals surface area contributed by atoms with Gasteiger partial charge in [-0.2, -0.15) is 0 Å². The molecule has 150 valence electrons. The van der Waals surface area contributed by atoms with E-state index in [-0.39, 0.29) is 5.82 Å². The van der Waals surface area contributed by atoms with Crippen LogP contribution in [0, 0.1) is 30.3 Å². The minimum atomic E-state index is -0.826. The summed E-state index contributed by atoms with van der Waals surface area (Å²) in [5.74, 6) is -0.807. The molecule has 2 aromatic carbocycles. The first kappa shape index (κ1) is 20.0. The molecule has 0 radical (unpaired) electrons. The summed E-state index contributed by atoms with van der Waals surface area (Å²) in [5.41, 5.74) is 2.30. The molecular formula is C21H25F3N4. The summed E-state index contributed by atoms with van der Waals surface area (Å²) in [4.78, 5) is 6.28. The van der Waals surface area contributed by atoms with Gasteiger partial charge in [-0.15, -0.1) is 0 Å². The fraction of sp³-hybridized carbons (Fsp3) is 0.381. The van der Waals surface area contributed by atoms with E-state index < -0.39 is 11.6 Å². The van der Waals surface area contributed by atoms with Gasteiger partial charge in [-0.25, -0.2) is 13.2 Å². The van der Waals surface area contributed by atoms with E-state index in [1.54, 1.807) is 26.1 Å². The second-order valence-electron chi connectivity index (χ2n) is 7.09. The highest BCUT2D eigenvalue weighted by atomic mass is 19.2. The van der Waals surface area contributed by atoms with Gasteiger partial charge in [-0.05, 0) is 48.6 Å². The van der Waals surface area contributed by atoms with Gasteiger partial charge in [0, 0.05) is 45.0 Å². The first-order chi connectivity index (χ1) is 13.5. The smallest absolute Gasteiger partial charge is 0.191 e. The number of benzene rings is 2. The monoisotopic (exact) mass is 390 g/mol. The van der Waals surface area contributed by atoms with Crippen LogP contribution >= 0.6 is 0 Å². The van der Waals surface area contributed by atoms with Gasteiger partial charge < -0.3 is 15.5 Å². The highest BCUT2D eigenvalue weighted by Gasteiger charge is 2.23. The molecule has 0 amide bonds. The first-order valence-corrected chi connectivity index (χ1v) is 9.36. The molecule has 2 aromatic rings. The van der Waals surface area contributed by atoms with Crippen molar-refractivity contribution in [1.82, 2.24) is 10.6 Å². The summed E-state index contributed by atoms with van der Waals surface area (Å²) >= 11 is 0. The van der Waals surface area contributed by atoms with E-state index in [1.807, 2.05) is 6.07 Å². The number of guanidine groups is 1. The summed E-state index contributed by atoms with van der Waals surface area (Å²) in [5, 5.41) is 6.53. The van der Waals surface area contributed by atoms with Gasteiger partial charge in [0.2, 0.25) is 0 Å². The highest BCUT2D eigenvalue weighted by molar-refractivity contribution is 5.79. The van der Waals surface area contributed by atoms with Gasteiger partial charge in [0.1, 0.15) is 5.82 Å². The van der Waals surface area contributed by atoms with Crippen molar-refractivity contribution in [2.75, 3.05) is 31.6 Å². The Kier molecular flexibility index (Phi) is 6.44. The molecule has 0 aliphatic carbocycles. The number of anilines is 1. The van der Waals surface area contributed by atoms with Crippen LogP contribution in [0.25, 0.3) is 0 Å². The Balaban J connectivity index is 1.47. The summed E-state index contributed by atoms with van der Waals surface area (Å²) in [6.45, 7) is 4.59. The predicted octanol–water partition coefficient (Wildman–Crippen LogP) is 3.60. The lowest BCUT2D eigenvalue weighted by Crippen LogP contribution is -2.40. The van der Waals surface area contributed by atoms with E-state index in [0.29, 0.717) is 29.7 Å². The second kappa shape index (κ2) is 8.99. The molecule has 28 heavy (non-hydrogen) atoms. The quantitative estimate of drug-likeness (QED) is 0.605. The lowest BCUT2D eigenvalue weighted by molar-refractivity contribution is 0.508. The number of aryl methyl sites for hydroxylation is 1. The molecule has 1 saturated heterocycles. The molecule has 0 saturated carbocycles. The maximum Gasteiger partial charge on any atom is 0.191 e. The van der Waals surface area contributed by atoms with Crippen molar-refractivity contribution in [3.63, 3.8) is 0 Å². The molecule has 0 bridgehead atoms. The predicted molar refractivity (Wildman–Crippen MR) is 106 cm³/mol. The molecule has 0 spiro atoms. The number of nitrogens with one attached hydrogen (secondary N) is 2. The number of rotatable bonds is 5. The van der Waals surface area contributed by atoms with Gasteiger partial charge >= 0.3 is 0 Å². The number of halogens is 3. The van der Waals surface area contributed by atoms with Crippen molar-refractivity contribution in [3.8, 4) is 0 Å². The van der Waals surface area contributed by atoms with Crippen molar-refractivity contribution in [2.24, 2.45) is 10.9 Å². The Morgan fingerprint density at radius 1 is 1.07 bits per heavy atom. The molecule has 1 atom stereocenters. The zero-order valence-electron chi connectivity index (χ0n) is 16.1. The molecule has 1 aliphatic rings. The SMILES string of the molecule is CN=C(NCc1ccc(F)c(C)c1)NCC1CCN(c2ccc(F)c(F)c2)C1. The standard InChI is InChI=1S/C21H25F3N4/c1-14-9-15(3-5-18(14)22)11-26-21(25-2)27-12-16-7-8-28(13-16)17-4-6-19(23)20(24)10-17/h3-6,9-10,16H,7-8,11-13H2,1-2H3,(H2,25,26,27). The van der Waals surface area contributed by atoms with Crippen LogP contribution in [-0.2, 0) is 6.54 Å². The molecule has 4 nitrogen and oxygen atoms in total. The average molecular weight is 390 g/mol. The largest absolute Gasteiger partial charge is 0.371 e. The summed E-state index contributed by atoms with van der Waals surface area (Å²) < 4.78 is 39.9. The lowest BCUT2D eigenvalue weighted by Gasteiger charge is -2.19. The Bertz CT molecular complexity index is 854. The molecule has 1 unspecified atom stereocenters. The average Bonchev–Trinajstić information content (AvgIpc) is 3.16. The minimum absolute atomic E-state index is 0.210. The van der Waals surface area contributed by atoms with E-state index >= 15 is 0 Å². The van der Waals surface area contributed by atoms with Crippen LogP contribution in [0.4, 0.5) is 18.9 Å². The zero-order valence-corrected chi connectivity index (χ0v) is 16.1. The highest BCUT2D eigenvalue weighted by Crippen LogP contribution is 2.25. The van der Waals surface area contributed by atoms with Crippen LogP contribution in [0.1, 0.15) is 17.5 Å². The van der Waals surface area contributed by atoms with Crippen LogP contribution in [0.15, 0.2) is 41.4 Å². The van der Waals surface area contributed by atoms with Gasteiger partial charge in [-0.3, -0.25) is 4.99 Å². The molecule has 3 rings (SSSR count). The topological polar surface area (TPSA) is 39.7 Å². The van der Waals surface area contributed by atoms with Crippen LogP contribution in [0.2, 0.25) is 0 Å². The summed E-state index contributed by atoms with van der Waals surface area (Å²) in [6, 6.07) is 9.05. The zero-order chi connectivity index (χ0) is 20.1. The Hall–Kier alpha value is -2.70. The van der Waals surface area contributed by atoms with Crippen molar-refractivity contribution >= 4 is 11.6 Å². The molecule has 1 aliphatic heterocycles. The van der Waals surface area contributed by atoms with Crippen LogP contribution < -0.4 is 15.5 Å². The Morgan fingerprint density at radius 2 is 1.86 bits per heavy atom. The second-order valence-corrected chi connectivity index (χ2v) is 7.09. The van der Waals surface area contributed by atoms with Gasteiger partial charge in [-0.1, -0.05) is 12.1 Å². The van der Waals surface area contributed by atoms with Crippen LogP contribution in [-0.4, -0.2) is 32.6 Å². The summed E-state index contributed by atoms with van der Waals surface area (Å²) in [6.07, 6.45) is 0.958. The lowest BCUT2D eigenvalue weighted by atomic mass is 10.1. The Morgan fingerprint density at radius 3 is 2.57 bits per heavy atom. The Labute approximate surface area is 163 Å². The van der Waals surface area contributed by atoms with Crippen LogP contribution in [0.3, 0.4) is 0 Å². The van der Waals surface area contributed by atoms with Crippen molar-refractivity contribution < 1.29 is 13.2 Å². The summed E-state index contributed by atoms with van der Waals surface area (Å²) in [7, 11) is 1.70. The molecule has 2 N–H and O–H groups in total. The number of hydrogen-bond acceptors (Lipinski definition) is 2. The van der Waals surface area contributed by atoms with Crippen LogP contribution in [0.5, 0.6) is 0 Å². The maximum atomic E-state index is 13.4. The molecule has 1 heterocycles. The number of aliphatic imine (C=N–C) groups is 1. The third-order valence-corrected chi connectivity index (χ3v) is 5.02. The van der Waals surface area contributed by atoms with Crippen molar-refractivity contribution in [3.05, 3.63) is 65.0 Å². The maximum absolute atomic E-state index is 13.4. The first-order valence-electron chi connectivity index (χ1n) is 9.36. The van der Waals surface area contributed by atoms with Gasteiger partial charge in [0.05, 0.1) is 0 Å². The fourth-order valence-electron chi connectivity index (χ4n) is 3.38. The van der Waals surface area contributed by atoms with E-state index in [9.17, 15) is 13.2 Å². The van der Waals surface area contributed by atoms with E-state index in [1.165, 1.54) is 18.2 Å².